The zero-order chi connectivity index (χ0) is 12.2. The van der Waals surface area contributed by atoms with Gasteiger partial charge in [-0.25, -0.2) is 0 Å². The summed E-state index contributed by atoms with van der Waals surface area (Å²) in [7, 11) is 2.11. The molecule has 0 heterocycles. The van der Waals surface area contributed by atoms with Gasteiger partial charge in [0.2, 0.25) is 0 Å². The van der Waals surface area contributed by atoms with Crippen molar-refractivity contribution < 1.29 is 0 Å². The quantitative estimate of drug-likeness (QED) is 0.637. The van der Waals surface area contributed by atoms with Gasteiger partial charge in [0.1, 0.15) is 0 Å². The number of allylic oxidation sites excluding steroid dienone is 1. The van der Waals surface area contributed by atoms with Crippen LogP contribution < -0.4 is 0 Å². The van der Waals surface area contributed by atoms with Gasteiger partial charge in [-0.3, -0.25) is 0 Å². The van der Waals surface area contributed by atoms with Crippen LogP contribution in [-0.2, 0) is 0 Å². The maximum atomic E-state index is 3.95. The number of nitrogens with zero attached hydrogens (tertiary/aromatic N) is 1. The first-order chi connectivity index (χ1) is 7.72. The van der Waals surface area contributed by atoms with Crippen LogP contribution in [0.2, 0.25) is 0 Å². The van der Waals surface area contributed by atoms with Crippen LogP contribution >= 0.6 is 0 Å². The van der Waals surface area contributed by atoms with Crippen LogP contribution in [0.1, 0.15) is 71.6 Å². The molecule has 0 saturated heterocycles. The summed E-state index contributed by atoms with van der Waals surface area (Å²) in [5.41, 5.74) is 1.24. The van der Waals surface area contributed by atoms with Gasteiger partial charge in [0.15, 0.2) is 0 Å². The highest BCUT2D eigenvalue weighted by Gasteiger charge is 1.96. The molecular weight excluding hydrogens is 194 g/mol. The minimum Gasteiger partial charge on any atom is -0.378 e. The van der Waals surface area contributed by atoms with Crippen molar-refractivity contribution in [2.75, 3.05) is 13.6 Å². The molecule has 0 radical (unpaired) electrons. The molecule has 0 aromatic carbocycles. The molecule has 1 aliphatic carbocycles. The van der Waals surface area contributed by atoms with Gasteiger partial charge in [-0.05, 0) is 12.8 Å². The largest absolute Gasteiger partial charge is 0.378 e. The van der Waals surface area contributed by atoms with Crippen molar-refractivity contribution in [3.05, 3.63) is 12.3 Å². The molecule has 1 fully saturated rings. The fourth-order valence-corrected chi connectivity index (χ4v) is 1.88. The Bertz CT molecular complexity index is 147. The number of unbranched alkanes of at least 4 members (excludes halogenated alkanes) is 1. The molecule has 1 saturated carbocycles. The molecule has 0 N–H and O–H groups in total. The Morgan fingerprint density at radius 1 is 1.00 bits per heavy atom. The maximum absolute atomic E-state index is 3.95. The first-order valence-electron chi connectivity index (χ1n) is 7.11. The third-order valence-corrected chi connectivity index (χ3v) is 3.30. The third kappa shape index (κ3) is 8.82. The van der Waals surface area contributed by atoms with Crippen LogP contribution in [0.4, 0.5) is 0 Å². The van der Waals surface area contributed by atoms with E-state index in [1.807, 2.05) is 0 Å². The molecule has 0 atom stereocenters. The molecule has 16 heavy (non-hydrogen) atoms. The average Bonchev–Trinajstić information content (AvgIpc) is 2.37. The first-order valence-corrected chi connectivity index (χ1v) is 7.11. The lowest BCUT2D eigenvalue weighted by molar-refractivity contribution is 0.397. The SMILES string of the molecule is C1CCCCC1.C=C(CC)N(C)CCCC. The highest BCUT2D eigenvalue weighted by atomic mass is 15.1. The van der Waals surface area contributed by atoms with E-state index in [0.717, 1.165) is 13.0 Å². The van der Waals surface area contributed by atoms with E-state index >= 15 is 0 Å². The summed E-state index contributed by atoms with van der Waals surface area (Å²) in [5.74, 6) is 0. The summed E-state index contributed by atoms with van der Waals surface area (Å²) >= 11 is 0. The second-order valence-corrected chi connectivity index (χ2v) is 4.82. The van der Waals surface area contributed by atoms with Gasteiger partial charge in [0, 0.05) is 19.3 Å². The smallest absolute Gasteiger partial charge is 0.0171 e. The Kier molecular flexibility index (Phi) is 10.7. The van der Waals surface area contributed by atoms with Crippen molar-refractivity contribution >= 4 is 0 Å². The molecule has 0 aliphatic heterocycles. The van der Waals surface area contributed by atoms with Gasteiger partial charge in [0.05, 0.1) is 0 Å². The molecule has 0 aromatic heterocycles. The van der Waals surface area contributed by atoms with Gasteiger partial charge < -0.3 is 4.90 Å². The molecular formula is C15H31N. The van der Waals surface area contributed by atoms with E-state index in [-0.39, 0.29) is 0 Å². The van der Waals surface area contributed by atoms with Crippen molar-refractivity contribution in [1.29, 1.82) is 0 Å². The third-order valence-electron chi connectivity index (χ3n) is 3.30. The van der Waals surface area contributed by atoms with Gasteiger partial charge in [0.25, 0.3) is 0 Å². The number of hydrogen-bond donors (Lipinski definition) is 0. The van der Waals surface area contributed by atoms with E-state index in [1.54, 1.807) is 0 Å². The van der Waals surface area contributed by atoms with Gasteiger partial charge in [-0.2, -0.15) is 0 Å². The minimum absolute atomic E-state index is 1.07. The Labute approximate surface area is 103 Å². The minimum atomic E-state index is 1.07. The highest BCUT2D eigenvalue weighted by Crippen LogP contribution is 2.15. The topological polar surface area (TPSA) is 3.24 Å². The zero-order valence-electron chi connectivity index (χ0n) is 11.7. The predicted octanol–water partition coefficient (Wildman–Crippen LogP) is 4.98. The van der Waals surface area contributed by atoms with Crippen molar-refractivity contribution in [1.82, 2.24) is 4.90 Å². The van der Waals surface area contributed by atoms with Gasteiger partial charge in [-0.1, -0.05) is 65.4 Å². The lowest BCUT2D eigenvalue weighted by Crippen LogP contribution is -2.17. The molecule has 1 heteroatoms. The lowest BCUT2D eigenvalue weighted by atomic mass is 10.0. The molecule has 1 aliphatic rings. The Morgan fingerprint density at radius 2 is 1.44 bits per heavy atom. The molecule has 0 amide bonds. The maximum Gasteiger partial charge on any atom is 0.0171 e. The number of hydrogen-bond acceptors (Lipinski definition) is 1. The first kappa shape index (κ1) is 15.5. The summed E-state index contributed by atoms with van der Waals surface area (Å²) < 4.78 is 0. The van der Waals surface area contributed by atoms with Crippen LogP contribution in [0.5, 0.6) is 0 Å². The lowest BCUT2D eigenvalue weighted by Gasteiger charge is -2.19. The summed E-state index contributed by atoms with van der Waals surface area (Å²) in [6, 6.07) is 0. The summed E-state index contributed by atoms with van der Waals surface area (Å²) in [4.78, 5) is 2.24. The molecule has 0 unspecified atom stereocenters. The van der Waals surface area contributed by atoms with Crippen LogP contribution in [0.25, 0.3) is 0 Å². The van der Waals surface area contributed by atoms with Gasteiger partial charge in [-0.15, -0.1) is 0 Å². The van der Waals surface area contributed by atoms with Crippen molar-refractivity contribution in [3.63, 3.8) is 0 Å². The van der Waals surface area contributed by atoms with Crippen LogP contribution in [0.15, 0.2) is 12.3 Å². The van der Waals surface area contributed by atoms with E-state index in [0.29, 0.717) is 0 Å². The molecule has 1 nitrogen and oxygen atoms in total. The van der Waals surface area contributed by atoms with Crippen molar-refractivity contribution in [2.45, 2.75) is 71.6 Å². The van der Waals surface area contributed by atoms with E-state index in [2.05, 4.69) is 32.4 Å². The van der Waals surface area contributed by atoms with E-state index in [4.69, 9.17) is 0 Å². The number of rotatable bonds is 5. The monoisotopic (exact) mass is 225 g/mol. The summed E-state index contributed by atoms with van der Waals surface area (Å²) in [5, 5.41) is 0. The highest BCUT2D eigenvalue weighted by molar-refractivity contribution is 4.90. The Balaban J connectivity index is 0.000000315. The zero-order valence-corrected chi connectivity index (χ0v) is 11.7. The van der Waals surface area contributed by atoms with Crippen LogP contribution in [-0.4, -0.2) is 18.5 Å². The molecule has 0 spiro atoms. The Hall–Kier alpha value is -0.460. The normalized spacial score (nSPS) is 14.9. The standard InChI is InChI=1S/C9H19N.C6H12/c1-5-7-8-10(4)9(3)6-2;1-2-4-6-5-3-1/h3,5-8H2,1-2,4H3;1-6H2. The second kappa shape index (κ2) is 11.0. The Morgan fingerprint density at radius 3 is 1.75 bits per heavy atom. The average molecular weight is 225 g/mol. The van der Waals surface area contributed by atoms with E-state index in [9.17, 15) is 0 Å². The van der Waals surface area contributed by atoms with Crippen molar-refractivity contribution in [3.8, 4) is 0 Å². The fraction of sp³-hybridized carbons (Fsp3) is 0.867. The fourth-order valence-electron chi connectivity index (χ4n) is 1.88. The molecule has 0 aromatic rings. The van der Waals surface area contributed by atoms with Crippen LogP contribution in [0.3, 0.4) is 0 Å². The van der Waals surface area contributed by atoms with E-state index in [1.165, 1.54) is 57.1 Å². The summed E-state index contributed by atoms with van der Waals surface area (Å²) in [6.45, 7) is 9.46. The predicted molar refractivity (Wildman–Crippen MR) is 74.7 cm³/mol. The molecule has 0 bridgehead atoms. The van der Waals surface area contributed by atoms with Crippen molar-refractivity contribution in [2.24, 2.45) is 0 Å². The molecule has 96 valence electrons. The van der Waals surface area contributed by atoms with Crippen LogP contribution in [0, 0.1) is 0 Å². The summed E-state index contributed by atoms with van der Waals surface area (Å²) in [6.07, 6.45) is 12.6. The second-order valence-electron chi connectivity index (χ2n) is 4.82. The van der Waals surface area contributed by atoms with Gasteiger partial charge >= 0.3 is 0 Å². The van der Waals surface area contributed by atoms with E-state index < -0.39 is 0 Å². The molecule has 1 rings (SSSR count).